The molecule has 1 saturated heterocycles. The molecule has 1 aromatic heterocycles. The number of carbonyl (C=O) groups excluding carboxylic acids is 2. The third-order valence-electron chi connectivity index (χ3n) is 7.29. The molecule has 3 aliphatic rings. The van der Waals surface area contributed by atoms with Gasteiger partial charge in [0.1, 0.15) is 13.2 Å². The predicted octanol–water partition coefficient (Wildman–Crippen LogP) is 5.20. The molecule has 1 aliphatic carbocycles. The van der Waals surface area contributed by atoms with Gasteiger partial charge >= 0.3 is 0 Å². The maximum atomic E-state index is 13.2. The van der Waals surface area contributed by atoms with Gasteiger partial charge < -0.3 is 19.7 Å². The zero-order valence-electron chi connectivity index (χ0n) is 21.4. The monoisotopic (exact) mass is 527 g/mol. The topological polar surface area (TPSA) is 80.8 Å². The molecular weight excluding hydrogens is 498 g/mol. The van der Waals surface area contributed by atoms with Gasteiger partial charge in [-0.15, -0.1) is 11.3 Å². The van der Waals surface area contributed by atoms with E-state index in [4.69, 9.17) is 14.5 Å². The molecule has 0 radical (unpaired) electrons. The van der Waals surface area contributed by atoms with Crippen molar-refractivity contribution < 1.29 is 19.1 Å². The van der Waals surface area contributed by atoms with Crippen molar-refractivity contribution in [3.05, 3.63) is 88.0 Å². The fourth-order valence-electron chi connectivity index (χ4n) is 5.38. The Hall–Kier alpha value is -3.91. The van der Waals surface area contributed by atoms with Crippen molar-refractivity contribution in [3.8, 4) is 11.5 Å². The van der Waals surface area contributed by atoms with E-state index in [-0.39, 0.29) is 30.2 Å². The largest absolute Gasteiger partial charge is 0.486 e. The number of ether oxygens (including phenoxy) is 2. The van der Waals surface area contributed by atoms with Crippen LogP contribution in [-0.4, -0.2) is 47.5 Å². The standard InChI is InChI=1S/C30H29N3O4S/c1-18-5-3-4-6-23(18)29(35)33-12-11-21-17-22(8-9-24(21)33)28-19(2)38-30(32-28)31-27(34)16-20-7-10-25-26(15-20)37-14-13-36-25/h3-10,15,17,21,24H,11-14,16H2,1-2H3,(H,31,32,34). The summed E-state index contributed by atoms with van der Waals surface area (Å²) in [4.78, 5) is 33.8. The SMILES string of the molecule is Cc1ccccc1C(=O)N1CCC2C=C(c3nc(NC(=O)Cc4ccc5c(c4)OCCO5)sc3C)C=CC21. The molecular formula is C30H29N3O4S. The number of allylic oxidation sites excluding steroid dienone is 2. The first kappa shape index (κ1) is 24.4. The molecule has 0 saturated carbocycles. The lowest BCUT2D eigenvalue weighted by Gasteiger charge is -2.27. The number of amides is 2. The smallest absolute Gasteiger partial charge is 0.254 e. The highest BCUT2D eigenvalue weighted by atomic mass is 32.1. The molecule has 1 N–H and O–H groups in total. The number of nitrogens with one attached hydrogen (secondary N) is 1. The van der Waals surface area contributed by atoms with E-state index in [2.05, 4.69) is 23.5 Å². The Morgan fingerprint density at radius 3 is 2.76 bits per heavy atom. The minimum Gasteiger partial charge on any atom is -0.486 e. The van der Waals surface area contributed by atoms with Gasteiger partial charge in [-0.25, -0.2) is 4.98 Å². The molecule has 38 heavy (non-hydrogen) atoms. The summed E-state index contributed by atoms with van der Waals surface area (Å²) in [6.07, 6.45) is 7.56. The number of aryl methyl sites for hydroxylation is 2. The Morgan fingerprint density at radius 2 is 1.92 bits per heavy atom. The summed E-state index contributed by atoms with van der Waals surface area (Å²) in [5.74, 6) is 1.59. The van der Waals surface area contributed by atoms with Crippen molar-refractivity contribution >= 4 is 33.9 Å². The number of hydrogen-bond donors (Lipinski definition) is 1. The number of rotatable bonds is 5. The van der Waals surface area contributed by atoms with Gasteiger partial charge in [0.25, 0.3) is 5.91 Å². The number of anilines is 1. The number of likely N-dealkylation sites (tertiary alicyclic amines) is 1. The van der Waals surface area contributed by atoms with E-state index < -0.39 is 0 Å². The highest BCUT2D eigenvalue weighted by Crippen LogP contribution is 2.37. The van der Waals surface area contributed by atoms with E-state index in [1.165, 1.54) is 11.3 Å². The highest BCUT2D eigenvalue weighted by Gasteiger charge is 2.37. The van der Waals surface area contributed by atoms with Crippen LogP contribution in [-0.2, 0) is 11.2 Å². The van der Waals surface area contributed by atoms with Crippen LogP contribution in [0.2, 0.25) is 0 Å². The maximum absolute atomic E-state index is 13.2. The lowest BCUT2D eigenvalue weighted by atomic mass is 9.90. The van der Waals surface area contributed by atoms with E-state index in [9.17, 15) is 9.59 Å². The van der Waals surface area contributed by atoms with Gasteiger partial charge in [-0.1, -0.05) is 42.5 Å². The second-order valence-electron chi connectivity index (χ2n) is 9.86. The number of hydrogen-bond acceptors (Lipinski definition) is 6. The predicted molar refractivity (Wildman–Crippen MR) is 148 cm³/mol. The van der Waals surface area contributed by atoms with Gasteiger partial charge in [-0.05, 0) is 55.2 Å². The van der Waals surface area contributed by atoms with Crippen LogP contribution in [0.4, 0.5) is 5.13 Å². The molecule has 6 rings (SSSR count). The number of thiazole rings is 1. The van der Waals surface area contributed by atoms with Crippen molar-refractivity contribution in [2.45, 2.75) is 32.7 Å². The Kier molecular flexibility index (Phi) is 6.49. The van der Waals surface area contributed by atoms with Gasteiger partial charge in [0, 0.05) is 22.9 Å². The molecule has 2 atom stereocenters. The van der Waals surface area contributed by atoms with Crippen molar-refractivity contribution in [1.29, 1.82) is 0 Å². The van der Waals surface area contributed by atoms with Crippen LogP contribution in [0.1, 0.15) is 38.5 Å². The van der Waals surface area contributed by atoms with E-state index in [1.807, 2.05) is 61.2 Å². The Bertz CT molecular complexity index is 1470. The zero-order chi connectivity index (χ0) is 26.2. The molecule has 194 valence electrons. The fraction of sp³-hybridized carbons (Fsp3) is 0.300. The summed E-state index contributed by atoms with van der Waals surface area (Å²) in [7, 11) is 0. The number of nitrogens with zero attached hydrogens (tertiary/aromatic N) is 2. The Morgan fingerprint density at radius 1 is 1.11 bits per heavy atom. The van der Waals surface area contributed by atoms with E-state index >= 15 is 0 Å². The van der Waals surface area contributed by atoms with Crippen LogP contribution < -0.4 is 14.8 Å². The second-order valence-corrected chi connectivity index (χ2v) is 11.1. The van der Waals surface area contributed by atoms with Crippen LogP contribution in [0.5, 0.6) is 11.5 Å². The molecule has 3 heterocycles. The number of benzene rings is 2. The van der Waals surface area contributed by atoms with Gasteiger partial charge in [0.05, 0.1) is 18.2 Å². The van der Waals surface area contributed by atoms with Gasteiger partial charge in [0.15, 0.2) is 16.6 Å². The third-order valence-corrected chi connectivity index (χ3v) is 8.18. The number of fused-ring (bicyclic) bond motifs is 2. The first-order chi connectivity index (χ1) is 18.5. The fourth-order valence-corrected chi connectivity index (χ4v) is 6.23. The minimum atomic E-state index is -0.128. The molecule has 7 nitrogen and oxygen atoms in total. The van der Waals surface area contributed by atoms with E-state index in [0.717, 1.165) is 45.8 Å². The molecule has 0 spiro atoms. The Labute approximate surface area is 225 Å². The summed E-state index contributed by atoms with van der Waals surface area (Å²) in [5.41, 5.74) is 4.54. The molecule has 1 fully saturated rings. The van der Waals surface area contributed by atoms with Crippen LogP contribution in [0.3, 0.4) is 0 Å². The summed E-state index contributed by atoms with van der Waals surface area (Å²) in [6, 6.07) is 13.4. The zero-order valence-corrected chi connectivity index (χ0v) is 22.2. The van der Waals surface area contributed by atoms with E-state index in [0.29, 0.717) is 29.8 Å². The number of carbonyl (C=O) groups is 2. The summed E-state index contributed by atoms with van der Waals surface area (Å²) in [5, 5.41) is 3.54. The molecule has 3 aromatic rings. The lowest BCUT2D eigenvalue weighted by molar-refractivity contribution is -0.115. The van der Waals surface area contributed by atoms with Crippen LogP contribution in [0, 0.1) is 19.8 Å². The normalized spacial score (nSPS) is 19.6. The van der Waals surface area contributed by atoms with Crippen molar-refractivity contribution in [1.82, 2.24) is 9.88 Å². The number of aromatic nitrogens is 1. The average Bonchev–Trinajstić information content (AvgIpc) is 3.51. The first-order valence-corrected chi connectivity index (χ1v) is 13.7. The van der Waals surface area contributed by atoms with Crippen molar-refractivity contribution in [2.75, 3.05) is 25.1 Å². The molecule has 2 aliphatic heterocycles. The van der Waals surface area contributed by atoms with Crippen LogP contribution in [0.15, 0.2) is 60.7 Å². The molecule has 2 unspecified atom stereocenters. The summed E-state index contributed by atoms with van der Waals surface area (Å²) < 4.78 is 11.2. The molecule has 2 amide bonds. The highest BCUT2D eigenvalue weighted by molar-refractivity contribution is 7.15. The molecule has 8 heteroatoms. The van der Waals surface area contributed by atoms with Crippen molar-refractivity contribution in [3.63, 3.8) is 0 Å². The maximum Gasteiger partial charge on any atom is 0.254 e. The summed E-state index contributed by atoms with van der Waals surface area (Å²) >= 11 is 1.47. The second kappa shape index (κ2) is 10.1. The first-order valence-electron chi connectivity index (χ1n) is 12.9. The van der Waals surface area contributed by atoms with Gasteiger partial charge in [-0.2, -0.15) is 0 Å². The van der Waals surface area contributed by atoms with E-state index in [1.54, 1.807) is 0 Å². The molecule has 2 aromatic carbocycles. The van der Waals surface area contributed by atoms with Crippen LogP contribution >= 0.6 is 11.3 Å². The summed E-state index contributed by atoms with van der Waals surface area (Å²) in [6.45, 7) is 5.78. The van der Waals surface area contributed by atoms with Gasteiger partial charge in [-0.3, -0.25) is 9.59 Å². The molecule has 0 bridgehead atoms. The third kappa shape index (κ3) is 4.72. The quantitative estimate of drug-likeness (QED) is 0.494. The minimum absolute atomic E-state index is 0.0509. The van der Waals surface area contributed by atoms with Crippen molar-refractivity contribution in [2.24, 2.45) is 5.92 Å². The Balaban J connectivity index is 1.12. The lowest BCUT2D eigenvalue weighted by Crippen LogP contribution is -2.37. The van der Waals surface area contributed by atoms with Crippen LogP contribution in [0.25, 0.3) is 5.57 Å². The average molecular weight is 528 g/mol. The van der Waals surface area contributed by atoms with Gasteiger partial charge in [0.2, 0.25) is 5.91 Å².